The Morgan fingerprint density at radius 3 is 3.04 bits per heavy atom. The molecule has 1 atom stereocenters. The van der Waals surface area contributed by atoms with Crippen LogP contribution in [0.3, 0.4) is 0 Å². The Morgan fingerprint density at radius 1 is 1.43 bits per heavy atom. The van der Waals surface area contributed by atoms with E-state index >= 15 is 0 Å². The number of amides is 1. The summed E-state index contributed by atoms with van der Waals surface area (Å²) < 4.78 is 1.75. The average Bonchev–Trinajstić information content (AvgIpc) is 3.22. The van der Waals surface area contributed by atoms with E-state index in [1.165, 1.54) is 0 Å². The summed E-state index contributed by atoms with van der Waals surface area (Å²) >= 11 is 6.10. The summed E-state index contributed by atoms with van der Waals surface area (Å²) in [5.74, 6) is -0.212. The fraction of sp³-hybridized carbons (Fsp3) is 0.263. The molecule has 0 fully saturated rings. The molecule has 144 valence electrons. The molecule has 28 heavy (non-hydrogen) atoms. The minimum Gasteiger partial charge on any atom is -0.349 e. The molecule has 1 amide bonds. The monoisotopic (exact) mass is 397 g/mol. The highest BCUT2D eigenvalue weighted by Crippen LogP contribution is 2.29. The van der Waals surface area contributed by atoms with E-state index in [2.05, 4.69) is 25.4 Å². The van der Waals surface area contributed by atoms with Crippen molar-refractivity contribution < 1.29 is 4.79 Å². The van der Waals surface area contributed by atoms with E-state index in [9.17, 15) is 4.79 Å². The lowest BCUT2D eigenvalue weighted by atomic mass is 10.1. The number of nitrogens with one attached hydrogen (secondary N) is 2. The number of aromatic amines is 1. The molecule has 4 aromatic rings. The van der Waals surface area contributed by atoms with Gasteiger partial charge >= 0.3 is 0 Å². The van der Waals surface area contributed by atoms with Gasteiger partial charge in [-0.25, -0.2) is 9.97 Å². The molecular weight excluding hydrogens is 378 g/mol. The number of aryl methyl sites for hydroxylation is 1. The number of H-pyrrole nitrogens is 1. The van der Waals surface area contributed by atoms with Gasteiger partial charge in [0.15, 0.2) is 5.65 Å². The molecule has 0 aliphatic heterocycles. The molecule has 0 saturated carbocycles. The smallest absolute Gasteiger partial charge is 0.255 e. The van der Waals surface area contributed by atoms with Gasteiger partial charge in [-0.2, -0.15) is 5.10 Å². The molecule has 3 heterocycles. The van der Waals surface area contributed by atoms with Crippen molar-refractivity contribution in [2.45, 2.75) is 19.4 Å². The van der Waals surface area contributed by atoms with Crippen molar-refractivity contribution in [3.8, 4) is 11.4 Å². The van der Waals surface area contributed by atoms with Crippen LogP contribution in [0.4, 0.5) is 0 Å². The molecular formula is C19H20ClN7O. The molecule has 0 bridgehead atoms. The summed E-state index contributed by atoms with van der Waals surface area (Å²) in [6.07, 6.45) is 3.97. The number of carbonyl (C=O) groups is 1. The van der Waals surface area contributed by atoms with Crippen molar-refractivity contribution in [1.29, 1.82) is 0 Å². The first-order valence-electron chi connectivity index (χ1n) is 8.95. The van der Waals surface area contributed by atoms with E-state index in [0.29, 0.717) is 46.1 Å². The van der Waals surface area contributed by atoms with Gasteiger partial charge in [-0.1, -0.05) is 11.6 Å². The molecule has 0 unspecified atom stereocenters. The van der Waals surface area contributed by atoms with E-state index in [0.717, 1.165) is 10.9 Å². The van der Waals surface area contributed by atoms with Crippen LogP contribution in [-0.4, -0.2) is 43.2 Å². The molecule has 0 saturated heterocycles. The predicted molar refractivity (Wildman–Crippen MR) is 109 cm³/mol. The van der Waals surface area contributed by atoms with Gasteiger partial charge in [-0.05, 0) is 38.1 Å². The quantitative estimate of drug-likeness (QED) is 0.479. The number of aromatic nitrogens is 5. The van der Waals surface area contributed by atoms with Crippen LogP contribution in [0.2, 0.25) is 5.02 Å². The SMILES string of the molecule is C[C@H](CCN)NC(=O)c1c[nH]c2ncc(-c3nn(C)c4cc(Cl)ccc34)nc12. The molecule has 4 rings (SSSR count). The Bertz CT molecular complexity index is 1180. The molecule has 0 aliphatic carbocycles. The maximum atomic E-state index is 12.6. The van der Waals surface area contributed by atoms with Crippen LogP contribution in [0.5, 0.6) is 0 Å². The fourth-order valence-electron chi connectivity index (χ4n) is 3.22. The van der Waals surface area contributed by atoms with Gasteiger partial charge in [0.25, 0.3) is 5.91 Å². The molecule has 0 radical (unpaired) electrons. The molecule has 0 aliphatic rings. The van der Waals surface area contributed by atoms with Crippen molar-refractivity contribution in [2.75, 3.05) is 6.54 Å². The lowest BCUT2D eigenvalue weighted by molar-refractivity contribution is 0.0940. The molecule has 4 N–H and O–H groups in total. The third kappa shape index (κ3) is 3.21. The van der Waals surface area contributed by atoms with E-state index < -0.39 is 0 Å². The van der Waals surface area contributed by atoms with Gasteiger partial charge in [0.2, 0.25) is 0 Å². The minimum atomic E-state index is -0.212. The van der Waals surface area contributed by atoms with Crippen molar-refractivity contribution >= 4 is 39.6 Å². The summed E-state index contributed by atoms with van der Waals surface area (Å²) in [7, 11) is 1.85. The Labute approximate surface area is 166 Å². The van der Waals surface area contributed by atoms with Crippen molar-refractivity contribution in [3.05, 3.63) is 41.2 Å². The van der Waals surface area contributed by atoms with Crippen LogP contribution in [0.25, 0.3) is 33.5 Å². The third-order valence-corrected chi connectivity index (χ3v) is 4.89. The molecule has 0 spiro atoms. The minimum absolute atomic E-state index is 0.0249. The van der Waals surface area contributed by atoms with Crippen LogP contribution in [0.1, 0.15) is 23.7 Å². The third-order valence-electron chi connectivity index (χ3n) is 4.66. The van der Waals surface area contributed by atoms with Crippen LogP contribution in [0, 0.1) is 0 Å². The second-order valence-corrected chi connectivity index (χ2v) is 7.18. The first-order valence-corrected chi connectivity index (χ1v) is 9.33. The molecule has 9 heteroatoms. The first kappa shape index (κ1) is 18.4. The summed E-state index contributed by atoms with van der Waals surface area (Å²) in [4.78, 5) is 24.7. The average molecular weight is 398 g/mol. The maximum absolute atomic E-state index is 12.6. The van der Waals surface area contributed by atoms with Crippen LogP contribution in [-0.2, 0) is 7.05 Å². The Hall–Kier alpha value is -2.97. The fourth-order valence-corrected chi connectivity index (χ4v) is 3.39. The number of nitrogens with zero attached hydrogens (tertiary/aromatic N) is 4. The zero-order valence-electron chi connectivity index (χ0n) is 15.5. The van der Waals surface area contributed by atoms with Crippen LogP contribution < -0.4 is 11.1 Å². The Morgan fingerprint density at radius 2 is 2.25 bits per heavy atom. The Kier molecular flexibility index (Phi) is 4.74. The summed E-state index contributed by atoms with van der Waals surface area (Å²) in [6, 6.07) is 5.55. The normalized spacial score (nSPS) is 12.6. The van der Waals surface area contributed by atoms with Gasteiger partial charge in [-0.3, -0.25) is 9.48 Å². The summed E-state index contributed by atoms with van der Waals surface area (Å²) in [5.41, 5.74) is 9.22. The van der Waals surface area contributed by atoms with Gasteiger partial charge < -0.3 is 16.0 Å². The highest BCUT2D eigenvalue weighted by atomic mass is 35.5. The lowest BCUT2D eigenvalue weighted by Gasteiger charge is -2.11. The number of fused-ring (bicyclic) bond motifs is 2. The highest BCUT2D eigenvalue weighted by Gasteiger charge is 2.19. The summed E-state index contributed by atoms with van der Waals surface area (Å²) in [5, 5.41) is 9.06. The molecule has 1 aromatic carbocycles. The van der Waals surface area contributed by atoms with Crippen molar-refractivity contribution in [1.82, 2.24) is 30.0 Å². The number of nitrogens with two attached hydrogens (primary N) is 1. The zero-order chi connectivity index (χ0) is 19.8. The zero-order valence-corrected chi connectivity index (χ0v) is 16.3. The molecule has 3 aromatic heterocycles. The van der Waals surface area contributed by atoms with Gasteiger partial charge in [-0.15, -0.1) is 0 Å². The van der Waals surface area contributed by atoms with Gasteiger partial charge in [0, 0.05) is 29.7 Å². The van der Waals surface area contributed by atoms with Gasteiger partial charge in [0.1, 0.15) is 16.9 Å². The van der Waals surface area contributed by atoms with Crippen molar-refractivity contribution in [2.24, 2.45) is 12.8 Å². The highest BCUT2D eigenvalue weighted by molar-refractivity contribution is 6.31. The maximum Gasteiger partial charge on any atom is 0.255 e. The largest absolute Gasteiger partial charge is 0.349 e. The van der Waals surface area contributed by atoms with E-state index in [4.69, 9.17) is 17.3 Å². The predicted octanol–water partition coefficient (Wildman–Crippen LogP) is 2.63. The van der Waals surface area contributed by atoms with E-state index in [1.807, 2.05) is 32.2 Å². The number of benzene rings is 1. The lowest BCUT2D eigenvalue weighted by Crippen LogP contribution is -2.34. The number of hydrogen-bond acceptors (Lipinski definition) is 5. The summed E-state index contributed by atoms with van der Waals surface area (Å²) in [6.45, 7) is 2.43. The second kappa shape index (κ2) is 7.21. The number of carbonyl (C=O) groups excluding carboxylic acids is 1. The van der Waals surface area contributed by atoms with Crippen LogP contribution in [0.15, 0.2) is 30.6 Å². The number of hydrogen-bond donors (Lipinski definition) is 3. The first-order chi connectivity index (χ1) is 13.5. The topological polar surface area (TPSA) is 115 Å². The van der Waals surface area contributed by atoms with E-state index in [1.54, 1.807) is 17.1 Å². The van der Waals surface area contributed by atoms with E-state index in [-0.39, 0.29) is 11.9 Å². The number of halogens is 1. The van der Waals surface area contributed by atoms with Crippen LogP contribution >= 0.6 is 11.6 Å². The van der Waals surface area contributed by atoms with Crippen molar-refractivity contribution in [3.63, 3.8) is 0 Å². The Balaban J connectivity index is 1.77. The van der Waals surface area contributed by atoms with Gasteiger partial charge in [0.05, 0.1) is 17.3 Å². The number of rotatable bonds is 5. The standard InChI is InChI=1S/C19H20ClN7O/c1-10(5-6-21)24-19(28)13-8-22-18-17(13)25-14(9-23-18)16-12-4-3-11(20)7-15(12)27(2)26-16/h3-4,7-10H,5-6,21H2,1-2H3,(H,22,23)(H,24,28)/t10-/m1/s1. The molecule has 8 nitrogen and oxygen atoms in total. The second-order valence-electron chi connectivity index (χ2n) is 6.74.